The molecule has 0 saturated heterocycles. The summed E-state index contributed by atoms with van der Waals surface area (Å²) in [5, 5.41) is 0. The van der Waals surface area contributed by atoms with Crippen molar-refractivity contribution in [2.75, 3.05) is 37.9 Å². The van der Waals surface area contributed by atoms with Crippen LogP contribution < -0.4 is 10.6 Å². The first-order valence-corrected chi connectivity index (χ1v) is 6.31. The molecule has 0 fully saturated rings. The predicted molar refractivity (Wildman–Crippen MR) is 76.6 cm³/mol. The van der Waals surface area contributed by atoms with E-state index in [1.165, 1.54) is 0 Å². The van der Waals surface area contributed by atoms with Crippen LogP contribution in [0.2, 0.25) is 0 Å². The molecular weight excluding hydrogens is 244 g/mol. The van der Waals surface area contributed by atoms with Gasteiger partial charge in [0.25, 0.3) is 0 Å². The SMILES string of the molecule is CCOCC(C)OC(=O)c1cc(N)ccc1N(C)C. The molecule has 0 aliphatic carbocycles. The summed E-state index contributed by atoms with van der Waals surface area (Å²) in [4.78, 5) is 14.0. The Morgan fingerprint density at radius 1 is 1.42 bits per heavy atom. The van der Waals surface area contributed by atoms with Gasteiger partial charge in [0.1, 0.15) is 6.10 Å². The minimum absolute atomic E-state index is 0.288. The highest BCUT2D eigenvalue weighted by Gasteiger charge is 2.17. The first kappa shape index (κ1) is 15.3. The number of benzene rings is 1. The number of rotatable bonds is 6. The van der Waals surface area contributed by atoms with Gasteiger partial charge in [-0.1, -0.05) is 0 Å². The first-order chi connectivity index (χ1) is 8.95. The third-order valence-electron chi connectivity index (χ3n) is 2.59. The van der Waals surface area contributed by atoms with Crippen LogP contribution in [0.3, 0.4) is 0 Å². The number of carbonyl (C=O) groups is 1. The summed E-state index contributed by atoms with van der Waals surface area (Å²) in [5.74, 6) is -0.386. The second kappa shape index (κ2) is 6.99. The highest BCUT2D eigenvalue weighted by Crippen LogP contribution is 2.22. The monoisotopic (exact) mass is 266 g/mol. The number of anilines is 2. The van der Waals surface area contributed by atoms with E-state index < -0.39 is 0 Å². The lowest BCUT2D eigenvalue weighted by Gasteiger charge is -2.19. The molecule has 0 bridgehead atoms. The van der Waals surface area contributed by atoms with Gasteiger partial charge in [-0.2, -0.15) is 0 Å². The zero-order valence-corrected chi connectivity index (χ0v) is 12.0. The summed E-state index contributed by atoms with van der Waals surface area (Å²) in [6.07, 6.45) is -0.288. The minimum Gasteiger partial charge on any atom is -0.457 e. The quantitative estimate of drug-likeness (QED) is 0.629. The molecule has 0 amide bonds. The molecule has 19 heavy (non-hydrogen) atoms. The fourth-order valence-corrected chi connectivity index (χ4v) is 1.67. The van der Waals surface area contributed by atoms with Crippen molar-refractivity contribution in [2.24, 2.45) is 0 Å². The molecule has 0 aliphatic heterocycles. The van der Waals surface area contributed by atoms with E-state index in [4.69, 9.17) is 15.2 Å². The number of carbonyl (C=O) groups excluding carboxylic acids is 1. The van der Waals surface area contributed by atoms with Crippen molar-refractivity contribution >= 4 is 17.3 Å². The maximum atomic E-state index is 12.1. The average Bonchev–Trinajstić information content (AvgIpc) is 2.35. The van der Waals surface area contributed by atoms with Crippen LogP contribution in [-0.4, -0.2) is 39.4 Å². The van der Waals surface area contributed by atoms with Crippen molar-refractivity contribution in [2.45, 2.75) is 20.0 Å². The Morgan fingerprint density at radius 2 is 2.11 bits per heavy atom. The van der Waals surface area contributed by atoms with Crippen LogP contribution in [0.4, 0.5) is 11.4 Å². The summed E-state index contributed by atoms with van der Waals surface area (Å²) < 4.78 is 10.6. The van der Waals surface area contributed by atoms with Crippen LogP contribution in [0.25, 0.3) is 0 Å². The number of esters is 1. The van der Waals surface area contributed by atoms with Gasteiger partial charge >= 0.3 is 5.97 Å². The molecule has 1 aromatic rings. The van der Waals surface area contributed by atoms with Crippen LogP contribution in [0.5, 0.6) is 0 Å². The van der Waals surface area contributed by atoms with Crippen LogP contribution >= 0.6 is 0 Å². The summed E-state index contributed by atoms with van der Waals surface area (Å²) in [5.41, 5.74) is 7.51. The molecule has 1 aromatic carbocycles. The molecule has 1 unspecified atom stereocenters. The molecule has 0 heterocycles. The van der Waals surface area contributed by atoms with Crippen molar-refractivity contribution < 1.29 is 14.3 Å². The number of nitrogens with zero attached hydrogens (tertiary/aromatic N) is 1. The lowest BCUT2D eigenvalue weighted by Crippen LogP contribution is -2.22. The molecule has 0 saturated carbocycles. The van der Waals surface area contributed by atoms with Crippen molar-refractivity contribution in [1.82, 2.24) is 0 Å². The van der Waals surface area contributed by atoms with Crippen molar-refractivity contribution in [3.63, 3.8) is 0 Å². The first-order valence-electron chi connectivity index (χ1n) is 6.31. The largest absolute Gasteiger partial charge is 0.457 e. The molecule has 0 radical (unpaired) electrons. The molecule has 2 N–H and O–H groups in total. The van der Waals surface area contributed by atoms with E-state index in [9.17, 15) is 4.79 Å². The Balaban J connectivity index is 2.83. The molecule has 106 valence electrons. The maximum Gasteiger partial charge on any atom is 0.340 e. The van der Waals surface area contributed by atoms with Gasteiger partial charge in [-0.15, -0.1) is 0 Å². The Morgan fingerprint density at radius 3 is 2.68 bits per heavy atom. The van der Waals surface area contributed by atoms with Gasteiger partial charge in [0.15, 0.2) is 0 Å². The standard InChI is InChI=1S/C14H22N2O3/c1-5-18-9-10(2)19-14(17)12-8-11(15)6-7-13(12)16(3)4/h6-8,10H,5,9,15H2,1-4H3. The Kier molecular flexibility index (Phi) is 5.63. The average molecular weight is 266 g/mol. The summed E-state index contributed by atoms with van der Waals surface area (Å²) in [6, 6.07) is 5.19. The van der Waals surface area contributed by atoms with Gasteiger partial charge in [0.05, 0.1) is 17.9 Å². The van der Waals surface area contributed by atoms with Gasteiger partial charge in [0.2, 0.25) is 0 Å². The highest BCUT2D eigenvalue weighted by molar-refractivity contribution is 5.97. The van der Waals surface area contributed by atoms with E-state index >= 15 is 0 Å². The van der Waals surface area contributed by atoms with Crippen molar-refractivity contribution in [3.05, 3.63) is 23.8 Å². The molecule has 1 rings (SSSR count). The number of nitrogen functional groups attached to an aromatic ring is 1. The molecule has 0 aliphatic rings. The third kappa shape index (κ3) is 4.44. The van der Waals surface area contributed by atoms with Gasteiger partial charge in [-0.3, -0.25) is 0 Å². The topological polar surface area (TPSA) is 64.8 Å². The number of hydrogen-bond donors (Lipinski definition) is 1. The maximum absolute atomic E-state index is 12.1. The molecule has 5 heteroatoms. The van der Waals surface area contributed by atoms with Gasteiger partial charge in [-0.05, 0) is 32.0 Å². The van der Waals surface area contributed by atoms with Crippen LogP contribution in [0, 0.1) is 0 Å². The Labute approximate surface area is 114 Å². The fraction of sp³-hybridized carbons (Fsp3) is 0.500. The van der Waals surface area contributed by atoms with E-state index in [0.29, 0.717) is 24.5 Å². The summed E-state index contributed by atoms with van der Waals surface area (Å²) in [6.45, 7) is 4.69. The summed E-state index contributed by atoms with van der Waals surface area (Å²) in [7, 11) is 3.73. The minimum atomic E-state index is -0.386. The van der Waals surface area contributed by atoms with E-state index in [1.54, 1.807) is 25.1 Å². The van der Waals surface area contributed by atoms with Gasteiger partial charge in [-0.25, -0.2) is 4.79 Å². The van der Waals surface area contributed by atoms with Crippen LogP contribution in [-0.2, 0) is 9.47 Å². The number of ether oxygens (including phenoxy) is 2. The molecule has 0 spiro atoms. The smallest absolute Gasteiger partial charge is 0.340 e. The van der Waals surface area contributed by atoms with E-state index in [0.717, 1.165) is 5.69 Å². The Bertz CT molecular complexity index is 433. The predicted octanol–water partition coefficient (Wildman–Crippen LogP) is 1.92. The normalized spacial score (nSPS) is 12.0. The van der Waals surface area contributed by atoms with E-state index in [2.05, 4.69) is 0 Å². The zero-order valence-electron chi connectivity index (χ0n) is 12.0. The number of hydrogen-bond acceptors (Lipinski definition) is 5. The van der Waals surface area contributed by atoms with E-state index in [1.807, 2.05) is 25.9 Å². The molecule has 5 nitrogen and oxygen atoms in total. The summed E-state index contributed by atoms with van der Waals surface area (Å²) >= 11 is 0. The Hall–Kier alpha value is -1.75. The lowest BCUT2D eigenvalue weighted by atomic mass is 10.1. The van der Waals surface area contributed by atoms with Crippen molar-refractivity contribution in [3.8, 4) is 0 Å². The molecular formula is C14H22N2O3. The van der Waals surface area contributed by atoms with Crippen LogP contribution in [0.15, 0.2) is 18.2 Å². The van der Waals surface area contributed by atoms with E-state index in [-0.39, 0.29) is 12.1 Å². The van der Waals surface area contributed by atoms with Gasteiger partial charge in [0, 0.05) is 26.4 Å². The number of nitrogens with two attached hydrogens (primary N) is 1. The van der Waals surface area contributed by atoms with Crippen molar-refractivity contribution in [1.29, 1.82) is 0 Å². The third-order valence-corrected chi connectivity index (χ3v) is 2.59. The second-order valence-electron chi connectivity index (χ2n) is 4.55. The molecule has 0 aromatic heterocycles. The molecule has 1 atom stereocenters. The zero-order chi connectivity index (χ0) is 14.4. The van der Waals surface area contributed by atoms with Crippen LogP contribution in [0.1, 0.15) is 24.2 Å². The van der Waals surface area contributed by atoms with Gasteiger partial charge < -0.3 is 20.1 Å². The second-order valence-corrected chi connectivity index (χ2v) is 4.55. The fourth-order valence-electron chi connectivity index (χ4n) is 1.67. The highest BCUT2D eigenvalue weighted by atomic mass is 16.6. The lowest BCUT2D eigenvalue weighted by molar-refractivity contribution is 0.00446.